The smallest absolute Gasteiger partial charge is 0.303 e. The number of amides is 2. The number of hydrogen-bond donors (Lipinski definition) is 3. The predicted molar refractivity (Wildman–Crippen MR) is 124 cm³/mol. The van der Waals surface area contributed by atoms with E-state index in [9.17, 15) is 19.2 Å². The summed E-state index contributed by atoms with van der Waals surface area (Å²) in [5.74, 6) is -1.38. The third-order valence-corrected chi connectivity index (χ3v) is 5.58. The fraction of sp³-hybridized carbons (Fsp3) is 0.417. The molecule has 1 aliphatic carbocycles. The number of rotatable bonds is 8. The Labute approximate surface area is 192 Å². The van der Waals surface area contributed by atoms with E-state index in [1.807, 2.05) is 23.8 Å². The summed E-state index contributed by atoms with van der Waals surface area (Å²) in [7, 11) is 0. The fourth-order valence-electron chi connectivity index (χ4n) is 4.17. The van der Waals surface area contributed by atoms with Gasteiger partial charge in [0.05, 0.1) is 5.56 Å². The van der Waals surface area contributed by atoms with Gasteiger partial charge in [-0.05, 0) is 42.5 Å². The molecule has 0 saturated carbocycles. The van der Waals surface area contributed by atoms with Crippen LogP contribution in [0, 0.1) is 12.3 Å². The van der Waals surface area contributed by atoms with E-state index in [0.717, 1.165) is 28.9 Å². The zero-order valence-corrected chi connectivity index (χ0v) is 19.4. The summed E-state index contributed by atoms with van der Waals surface area (Å²) >= 11 is 0. The van der Waals surface area contributed by atoms with E-state index in [0.29, 0.717) is 24.2 Å². The molecule has 0 saturated heterocycles. The molecule has 9 heteroatoms. The molecular formula is C24H30N4O5. The van der Waals surface area contributed by atoms with E-state index in [4.69, 9.17) is 5.73 Å². The maximum atomic E-state index is 12.7. The van der Waals surface area contributed by atoms with Crippen LogP contribution in [-0.2, 0) is 20.7 Å². The van der Waals surface area contributed by atoms with Gasteiger partial charge < -0.3 is 25.7 Å². The molecule has 0 unspecified atom stereocenters. The molecule has 4 N–H and O–H groups in total. The van der Waals surface area contributed by atoms with Gasteiger partial charge in [-0.1, -0.05) is 13.8 Å². The second-order valence-corrected chi connectivity index (χ2v) is 9.10. The number of Topliss-reactive ketones (excluding diaryl/α,β-unsaturated/α-hetero) is 1. The quantitative estimate of drug-likeness (QED) is 0.413. The van der Waals surface area contributed by atoms with Crippen molar-refractivity contribution in [3.8, 4) is 5.69 Å². The van der Waals surface area contributed by atoms with Crippen LogP contribution in [0.25, 0.3) is 5.69 Å². The number of benzene rings is 1. The Balaban J connectivity index is 1.81. The molecular weight excluding hydrogens is 424 g/mol. The highest BCUT2D eigenvalue weighted by Gasteiger charge is 2.34. The Kier molecular flexibility index (Phi) is 6.90. The van der Waals surface area contributed by atoms with Crippen LogP contribution in [-0.4, -0.2) is 47.8 Å². The lowest BCUT2D eigenvalue weighted by Gasteiger charge is -2.30. The van der Waals surface area contributed by atoms with Crippen LogP contribution in [0.3, 0.4) is 0 Å². The zero-order chi connectivity index (χ0) is 24.3. The maximum absolute atomic E-state index is 12.7. The van der Waals surface area contributed by atoms with E-state index in [1.54, 1.807) is 12.1 Å². The molecule has 0 atom stereocenters. The van der Waals surface area contributed by atoms with E-state index >= 15 is 0 Å². The molecule has 1 aromatic heterocycles. The number of anilines is 1. The first-order valence-corrected chi connectivity index (χ1v) is 10.8. The van der Waals surface area contributed by atoms with E-state index in [1.165, 1.54) is 6.92 Å². The number of ketones is 1. The number of hydrogen-bond acceptors (Lipinski definition) is 6. The predicted octanol–water partition coefficient (Wildman–Crippen LogP) is 2.13. The standard InChI is InChI=1S/C24H30N4O5/c1-14-12-28(19-10-24(3,4)11-20(30)22(14)19)16-5-6-17(23(25)32)18(9-16)26-7-8-27-21(31)13-33-15(2)29/h5-6,9,12,26H,7-8,10-11,13H2,1-4H3,(H2,25,32)(H,27,31). The molecule has 1 heterocycles. The van der Waals surface area contributed by atoms with Crippen molar-refractivity contribution in [2.75, 3.05) is 25.0 Å². The van der Waals surface area contributed by atoms with Crippen molar-refractivity contribution in [2.45, 2.75) is 40.5 Å². The third-order valence-electron chi connectivity index (χ3n) is 5.58. The summed E-state index contributed by atoms with van der Waals surface area (Å²) in [6.07, 6.45) is 3.22. The first kappa shape index (κ1) is 24.0. The van der Waals surface area contributed by atoms with Crippen LogP contribution in [0.15, 0.2) is 24.4 Å². The molecule has 2 amide bonds. The van der Waals surface area contributed by atoms with Crippen molar-refractivity contribution >= 4 is 29.3 Å². The van der Waals surface area contributed by atoms with E-state index in [-0.39, 0.29) is 24.3 Å². The van der Waals surface area contributed by atoms with Crippen LogP contribution in [0.5, 0.6) is 0 Å². The summed E-state index contributed by atoms with van der Waals surface area (Å²) in [5, 5.41) is 5.76. The van der Waals surface area contributed by atoms with Crippen LogP contribution < -0.4 is 16.4 Å². The van der Waals surface area contributed by atoms with Crippen LogP contribution in [0.4, 0.5) is 5.69 Å². The molecule has 0 spiro atoms. The van der Waals surface area contributed by atoms with Gasteiger partial charge in [-0.2, -0.15) is 0 Å². The number of esters is 1. The van der Waals surface area contributed by atoms with Crippen molar-refractivity contribution in [3.63, 3.8) is 0 Å². The van der Waals surface area contributed by atoms with Gasteiger partial charge in [0.1, 0.15) is 0 Å². The van der Waals surface area contributed by atoms with Crippen molar-refractivity contribution in [1.29, 1.82) is 0 Å². The molecule has 3 rings (SSSR count). The number of ether oxygens (including phenoxy) is 1. The fourth-order valence-corrected chi connectivity index (χ4v) is 4.17. The highest BCUT2D eigenvalue weighted by atomic mass is 16.5. The van der Waals surface area contributed by atoms with Gasteiger partial charge in [0.15, 0.2) is 12.4 Å². The second kappa shape index (κ2) is 9.48. The van der Waals surface area contributed by atoms with Gasteiger partial charge in [0.25, 0.3) is 11.8 Å². The Hall–Kier alpha value is -3.62. The molecule has 0 aliphatic heterocycles. The number of carbonyl (C=O) groups is 4. The Morgan fingerprint density at radius 1 is 1.18 bits per heavy atom. The lowest BCUT2D eigenvalue weighted by molar-refractivity contribution is -0.146. The van der Waals surface area contributed by atoms with Gasteiger partial charge >= 0.3 is 5.97 Å². The highest BCUT2D eigenvalue weighted by molar-refractivity contribution is 6.01. The molecule has 1 aliphatic rings. The molecule has 0 radical (unpaired) electrons. The van der Waals surface area contributed by atoms with Gasteiger partial charge in [-0.15, -0.1) is 0 Å². The monoisotopic (exact) mass is 454 g/mol. The van der Waals surface area contributed by atoms with Gasteiger partial charge in [0.2, 0.25) is 0 Å². The van der Waals surface area contributed by atoms with Crippen LogP contribution in [0.2, 0.25) is 0 Å². The number of nitrogens with one attached hydrogen (secondary N) is 2. The Morgan fingerprint density at radius 3 is 2.58 bits per heavy atom. The Bertz CT molecular complexity index is 1120. The van der Waals surface area contributed by atoms with Crippen molar-refractivity contribution in [2.24, 2.45) is 11.1 Å². The van der Waals surface area contributed by atoms with E-state index < -0.39 is 17.8 Å². The second-order valence-electron chi connectivity index (χ2n) is 9.10. The molecule has 0 bridgehead atoms. The maximum Gasteiger partial charge on any atom is 0.303 e. The number of primary amides is 1. The number of fused-ring (bicyclic) bond motifs is 1. The number of aryl methyl sites for hydroxylation is 1. The normalized spacial score (nSPS) is 14.4. The third kappa shape index (κ3) is 5.60. The minimum Gasteiger partial charge on any atom is -0.456 e. The minimum atomic E-state index is -0.579. The van der Waals surface area contributed by atoms with Crippen molar-refractivity contribution in [1.82, 2.24) is 9.88 Å². The molecule has 176 valence electrons. The minimum absolute atomic E-state index is 0.134. The molecule has 33 heavy (non-hydrogen) atoms. The molecule has 1 aromatic carbocycles. The average Bonchev–Trinajstić information content (AvgIpc) is 3.04. The summed E-state index contributed by atoms with van der Waals surface area (Å²) in [5.41, 5.74) is 9.72. The molecule has 0 fully saturated rings. The molecule has 2 aromatic rings. The average molecular weight is 455 g/mol. The summed E-state index contributed by atoms with van der Waals surface area (Å²) in [6.45, 7) is 7.56. The van der Waals surface area contributed by atoms with Crippen LogP contribution >= 0.6 is 0 Å². The van der Waals surface area contributed by atoms with E-state index in [2.05, 4.69) is 29.2 Å². The summed E-state index contributed by atoms with van der Waals surface area (Å²) in [4.78, 5) is 47.1. The van der Waals surface area contributed by atoms with Crippen LogP contribution in [0.1, 0.15) is 59.2 Å². The zero-order valence-electron chi connectivity index (χ0n) is 19.4. The van der Waals surface area contributed by atoms with Gasteiger partial charge in [-0.3, -0.25) is 19.2 Å². The first-order valence-electron chi connectivity index (χ1n) is 10.8. The number of aromatic nitrogens is 1. The van der Waals surface area contributed by atoms with Gasteiger partial charge in [-0.25, -0.2) is 0 Å². The number of carbonyl (C=O) groups excluding carboxylic acids is 4. The van der Waals surface area contributed by atoms with Crippen molar-refractivity contribution in [3.05, 3.63) is 46.8 Å². The highest BCUT2D eigenvalue weighted by Crippen LogP contribution is 2.38. The number of nitrogens with zero attached hydrogens (tertiary/aromatic N) is 1. The Morgan fingerprint density at radius 2 is 1.91 bits per heavy atom. The summed E-state index contributed by atoms with van der Waals surface area (Å²) < 4.78 is 6.64. The van der Waals surface area contributed by atoms with Crippen molar-refractivity contribution < 1.29 is 23.9 Å². The summed E-state index contributed by atoms with van der Waals surface area (Å²) in [6, 6.07) is 5.27. The topological polar surface area (TPSA) is 133 Å². The lowest BCUT2D eigenvalue weighted by atomic mass is 9.75. The SMILES string of the molecule is CC(=O)OCC(=O)NCCNc1cc(-n2cc(C)c3c2CC(C)(C)CC3=O)ccc1C(N)=O. The first-order chi connectivity index (χ1) is 15.5. The lowest BCUT2D eigenvalue weighted by Crippen LogP contribution is -2.32. The largest absolute Gasteiger partial charge is 0.456 e. The molecule has 9 nitrogen and oxygen atoms in total. The van der Waals surface area contributed by atoms with Gasteiger partial charge in [0, 0.05) is 55.3 Å². The number of nitrogens with two attached hydrogens (primary N) is 1.